The molecule has 0 saturated heterocycles. The van der Waals surface area contributed by atoms with E-state index in [9.17, 15) is 4.79 Å². The van der Waals surface area contributed by atoms with Crippen LogP contribution in [0.3, 0.4) is 0 Å². The van der Waals surface area contributed by atoms with E-state index >= 15 is 0 Å². The van der Waals surface area contributed by atoms with Crippen molar-refractivity contribution in [3.8, 4) is 0 Å². The Morgan fingerprint density at radius 2 is 1.89 bits per heavy atom. The molecule has 0 radical (unpaired) electrons. The van der Waals surface area contributed by atoms with Crippen LogP contribution in [-0.2, 0) is 16.0 Å². The topological polar surface area (TPSA) is 52.3 Å². The summed E-state index contributed by atoms with van der Waals surface area (Å²) in [5.74, 6) is 0.620. The fraction of sp³-hybridized carbons (Fsp3) is 0.562. The number of rotatable bonds is 8. The SMILES string of the molecule is COCCCC(N)C(=O)Cc1ccc(C(C)C)cc1. The summed E-state index contributed by atoms with van der Waals surface area (Å²) >= 11 is 0. The Balaban J connectivity index is 2.47. The average molecular weight is 263 g/mol. The summed E-state index contributed by atoms with van der Waals surface area (Å²) in [5, 5.41) is 0. The smallest absolute Gasteiger partial charge is 0.153 e. The van der Waals surface area contributed by atoms with Crippen LogP contribution in [0.15, 0.2) is 24.3 Å². The Labute approximate surface area is 116 Å². The first-order valence-electron chi connectivity index (χ1n) is 6.90. The molecule has 3 heteroatoms. The van der Waals surface area contributed by atoms with Crippen LogP contribution in [0.4, 0.5) is 0 Å². The van der Waals surface area contributed by atoms with Gasteiger partial charge < -0.3 is 10.5 Å². The van der Waals surface area contributed by atoms with Gasteiger partial charge in [-0.05, 0) is 29.9 Å². The number of nitrogens with two attached hydrogens (primary N) is 1. The van der Waals surface area contributed by atoms with E-state index in [1.54, 1.807) is 7.11 Å². The average Bonchev–Trinajstić information content (AvgIpc) is 2.39. The fourth-order valence-electron chi connectivity index (χ4n) is 1.96. The Bertz CT molecular complexity index is 384. The maximum Gasteiger partial charge on any atom is 0.153 e. The van der Waals surface area contributed by atoms with Crippen LogP contribution in [0, 0.1) is 0 Å². The third-order valence-electron chi connectivity index (χ3n) is 3.30. The maximum atomic E-state index is 12.0. The van der Waals surface area contributed by atoms with Crippen LogP contribution < -0.4 is 5.73 Å². The van der Waals surface area contributed by atoms with Gasteiger partial charge in [0.1, 0.15) is 0 Å². The van der Waals surface area contributed by atoms with E-state index in [-0.39, 0.29) is 11.8 Å². The molecule has 0 aliphatic heterocycles. The zero-order valence-electron chi connectivity index (χ0n) is 12.2. The van der Waals surface area contributed by atoms with Gasteiger partial charge in [-0.3, -0.25) is 4.79 Å². The molecule has 0 amide bonds. The lowest BCUT2D eigenvalue weighted by molar-refractivity contribution is -0.119. The zero-order valence-corrected chi connectivity index (χ0v) is 12.2. The van der Waals surface area contributed by atoms with Gasteiger partial charge >= 0.3 is 0 Å². The largest absolute Gasteiger partial charge is 0.385 e. The summed E-state index contributed by atoms with van der Waals surface area (Å²) in [6, 6.07) is 7.84. The highest BCUT2D eigenvalue weighted by molar-refractivity contribution is 5.85. The van der Waals surface area contributed by atoms with E-state index < -0.39 is 0 Å². The Morgan fingerprint density at radius 1 is 1.26 bits per heavy atom. The number of Topliss-reactive ketones (excluding diaryl/α,β-unsaturated/α-hetero) is 1. The minimum absolute atomic E-state index is 0.105. The number of methoxy groups -OCH3 is 1. The number of hydrogen-bond acceptors (Lipinski definition) is 3. The van der Waals surface area contributed by atoms with Gasteiger partial charge in [0.25, 0.3) is 0 Å². The van der Waals surface area contributed by atoms with Gasteiger partial charge in [0, 0.05) is 20.1 Å². The van der Waals surface area contributed by atoms with Crippen molar-refractivity contribution in [3.05, 3.63) is 35.4 Å². The molecular weight excluding hydrogens is 238 g/mol. The molecule has 0 aliphatic rings. The Morgan fingerprint density at radius 3 is 2.42 bits per heavy atom. The van der Waals surface area contributed by atoms with Crippen molar-refractivity contribution in [1.29, 1.82) is 0 Å². The molecule has 0 spiro atoms. The molecule has 0 saturated carbocycles. The molecule has 1 aromatic rings. The lowest BCUT2D eigenvalue weighted by Gasteiger charge is -2.11. The van der Waals surface area contributed by atoms with Gasteiger partial charge in [-0.1, -0.05) is 38.1 Å². The lowest BCUT2D eigenvalue weighted by Crippen LogP contribution is -2.32. The molecule has 0 fully saturated rings. The normalized spacial score (nSPS) is 12.7. The van der Waals surface area contributed by atoms with Gasteiger partial charge in [0.15, 0.2) is 5.78 Å². The number of ether oxygens (including phenoxy) is 1. The van der Waals surface area contributed by atoms with Gasteiger partial charge in [-0.15, -0.1) is 0 Å². The maximum absolute atomic E-state index is 12.0. The number of carbonyl (C=O) groups excluding carboxylic acids is 1. The molecule has 1 atom stereocenters. The molecular formula is C16H25NO2. The van der Waals surface area contributed by atoms with Crippen molar-refractivity contribution in [3.63, 3.8) is 0 Å². The molecule has 0 aliphatic carbocycles. The van der Waals surface area contributed by atoms with Crippen LogP contribution in [-0.4, -0.2) is 25.5 Å². The monoisotopic (exact) mass is 263 g/mol. The predicted molar refractivity (Wildman–Crippen MR) is 78.3 cm³/mol. The van der Waals surface area contributed by atoms with Gasteiger partial charge in [0.05, 0.1) is 6.04 Å². The lowest BCUT2D eigenvalue weighted by atomic mass is 9.97. The van der Waals surface area contributed by atoms with E-state index in [0.717, 1.165) is 12.0 Å². The van der Waals surface area contributed by atoms with E-state index in [2.05, 4.69) is 26.0 Å². The van der Waals surface area contributed by atoms with Crippen molar-refractivity contribution in [2.24, 2.45) is 5.73 Å². The minimum Gasteiger partial charge on any atom is -0.385 e. The highest BCUT2D eigenvalue weighted by Crippen LogP contribution is 2.15. The van der Waals surface area contributed by atoms with Gasteiger partial charge in [-0.25, -0.2) is 0 Å². The van der Waals surface area contributed by atoms with E-state index in [4.69, 9.17) is 10.5 Å². The Hall–Kier alpha value is -1.19. The van der Waals surface area contributed by atoms with Crippen LogP contribution in [0.5, 0.6) is 0 Å². The molecule has 19 heavy (non-hydrogen) atoms. The van der Waals surface area contributed by atoms with Gasteiger partial charge in [-0.2, -0.15) is 0 Å². The first-order valence-corrected chi connectivity index (χ1v) is 6.90. The minimum atomic E-state index is -0.375. The highest BCUT2D eigenvalue weighted by atomic mass is 16.5. The Kier molecular flexibility index (Phi) is 6.74. The summed E-state index contributed by atoms with van der Waals surface area (Å²) < 4.78 is 4.96. The van der Waals surface area contributed by atoms with Crippen LogP contribution in [0.25, 0.3) is 0 Å². The number of carbonyl (C=O) groups is 1. The standard InChI is InChI=1S/C16H25NO2/c1-12(2)14-8-6-13(7-9-14)11-16(18)15(17)5-4-10-19-3/h6-9,12,15H,4-5,10-11,17H2,1-3H3. The van der Waals surface area contributed by atoms with E-state index in [0.29, 0.717) is 25.4 Å². The van der Waals surface area contributed by atoms with E-state index in [1.165, 1.54) is 5.56 Å². The number of ketones is 1. The van der Waals surface area contributed by atoms with Crippen molar-refractivity contribution in [2.45, 2.75) is 45.1 Å². The summed E-state index contributed by atoms with van der Waals surface area (Å²) in [4.78, 5) is 12.0. The first-order chi connectivity index (χ1) is 9.04. The van der Waals surface area contributed by atoms with Crippen LogP contribution in [0.1, 0.15) is 43.7 Å². The van der Waals surface area contributed by atoms with Crippen LogP contribution >= 0.6 is 0 Å². The van der Waals surface area contributed by atoms with Crippen molar-refractivity contribution in [2.75, 3.05) is 13.7 Å². The van der Waals surface area contributed by atoms with Crippen molar-refractivity contribution < 1.29 is 9.53 Å². The zero-order chi connectivity index (χ0) is 14.3. The molecule has 106 valence electrons. The van der Waals surface area contributed by atoms with Crippen molar-refractivity contribution in [1.82, 2.24) is 0 Å². The summed E-state index contributed by atoms with van der Waals surface area (Å²) in [6.07, 6.45) is 1.94. The second kappa shape index (κ2) is 8.08. The molecule has 0 heterocycles. The predicted octanol–water partition coefficient (Wildman–Crippen LogP) is 2.68. The summed E-state index contributed by atoms with van der Waals surface area (Å²) in [5.41, 5.74) is 8.21. The first kappa shape index (κ1) is 15.9. The third-order valence-corrected chi connectivity index (χ3v) is 3.30. The highest BCUT2D eigenvalue weighted by Gasteiger charge is 2.13. The molecule has 0 aromatic heterocycles. The number of hydrogen-bond donors (Lipinski definition) is 1. The third kappa shape index (κ3) is 5.53. The second-order valence-electron chi connectivity index (χ2n) is 5.28. The molecule has 1 rings (SSSR count). The summed E-state index contributed by atoms with van der Waals surface area (Å²) in [6.45, 7) is 4.97. The van der Waals surface area contributed by atoms with Crippen molar-refractivity contribution >= 4 is 5.78 Å². The molecule has 0 bridgehead atoms. The molecule has 2 N–H and O–H groups in total. The van der Waals surface area contributed by atoms with Gasteiger partial charge in [0.2, 0.25) is 0 Å². The fourth-order valence-corrected chi connectivity index (χ4v) is 1.96. The van der Waals surface area contributed by atoms with Crippen LogP contribution in [0.2, 0.25) is 0 Å². The quantitative estimate of drug-likeness (QED) is 0.734. The number of benzene rings is 1. The molecule has 1 unspecified atom stereocenters. The summed E-state index contributed by atoms with van der Waals surface area (Å²) in [7, 11) is 1.66. The molecule has 3 nitrogen and oxygen atoms in total. The van der Waals surface area contributed by atoms with E-state index in [1.807, 2.05) is 12.1 Å². The second-order valence-corrected chi connectivity index (χ2v) is 5.28. The molecule has 1 aromatic carbocycles.